The van der Waals surface area contributed by atoms with Crippen LogP contribution < -0.4 is 0 Å². The summed E-state index contributed by atoms with van der Waals surface area (Å²) in [6.07, 6.45) is 3.38. The second-order valence-corrected chi connectivity index (χ2v) is 2.98. The van der Waals surface area contributed by atoms with Crippen LogP contribution in [0.25, 0.3) is 0 Å². The molecule has 0 rings (SSSR count). The molecular weight excluding hydrogens is 164 g/mol. The highest BCUT2D eigenvalue weighted by Gasteiger charge is 2.05. The molecule has 0 aromatic heterocycles. The third-order valence-corrected chi connectivity index (χ3v) is 1.64. The summed E-state index contributed by atoms with van der Waals surface area (Å²) >= 11 is 0. The molecule has 0 saturated heterocycles. The van der Waals surface area contributed by atoms with Gasteiger partial charge in [0.05, 0.1) is 0 Å². The van der Waals surface area contributed by atoms with E-state index in [0.717, 1.165) is 19.3 Å². The second-order valence-electron chi connectivity index (χ2n) is 2.98. The highest BCUT2D eigenvalue weighted by molar-refractivity contribution is 5.69. The summed E-state index contributed by atoms with van der Waals surface area (Å²) in [7, 11) is 0. The third kappa shape index (κ3) is 7.39. The van der Waals surface area contributed by atoms with Crippen molar-refractivity contribution in [3.63, 3.8) is 0 Å². The highest BCUT2D eigenvalue weighted by atomic mass is 16.5. The molecule has 74 valence electrons. The summed E-state index contributed by atoms with van der Waals surface area (Å²) in [5.41, 5.74) is 0. The van der Waals surface area contributed by atoms with Gasteiger partial charge in [0.2, 0.25) is 0 Å². The van der Waals surface area contributed by atoms with Gasteiger partial charge in [0.15, 0.2) is 6.10 Å². The first-order chi connectivity index (χ1) is 6.20. The maximum atomic E-state index is 11.1. The Bertz CT molecular complexity index is 198. The van der Waals surface area contributed by atoms with Crippen molar-refractivity contribution in [3.05, 3.63) is 0 Å². The van der Waals surface area contributed by atoms with E-state index in [0.29, 0.717) is 6.42 Å². The molecule has 13 heavy (non-hydrogen) atoms. The van der Waals surface area contributed by atoms with Crippen LogP contribution in [-0.4, -0.2) is 12.1 Å². The summed E-state index contributed by atoms with van der Waals surface area (Å²) in [5, 5.41) is 0. The van der Waals surface area contributed by atoms with Crippen molar-refractivity contribution in [2.24, 2.45) is 0 Å². The van der Waals surface area contributed by atoms with Gasteiger partial charge in [-0.3, -0.25) is 4.79 Å². The van der Waals surface area contributed by atoms with E-state index in [9.17, 15) is 4.79 Å². The molecule has 0 radical (unpaired) electrons. The van der Waals surface area contributed by atoms with E-state index < -0.39 is 0 Å². The molecule has 0 unspecified atom stereocenters. The summed E-state index contributed by atoms with van der Waals surface area (Å²) in [6.45, 7) is 5.63. The lowest BCUT2D eigenvalue weighted by Gasteiger charge is -2.06. The molecule has 0 N–H and O–H groups in total. The van der Waals surface area contributed by atoms with Crippen LogP contribution in [0.2, 0.25) is 0 Å². The molecule has 2 heteroatoms. The number of carbonyl (C=O) groups is 1. The fraction of sp³-hybridized carbons (Fsp3) is 0.727. The van der Waals surface area contributed by atoms with Crippen molar-refractivity contribution in [2.45, 2.75) is 52.6 Å². The Hall–Kier alpha value is -0.970. The minimum absolute atomic E-state index is 0.135. The van der Waals surface area contributed by atoms with E-state index >= 15 is 0 Å². The van der Waals surface area contributed by atoms with Gasteiger partial charge in [0.1, 0.15) is 0 Å². The first kappa shape index (κ1) is 12.0. The molecule has 0 bridgehead atoms. The number of unbranched alkanes of at least 4 members (excludes halogenated alkanes) is 2. The fourth-order valence-electron chi connectivity index (χ4n) is 1.01. The van der Waals surface area contributed by atoms with Gasteiger partial charge in [0.25, 0.3) is 0 Å². The number of ether oxygens (including phenoxy) is 1. The van der Waals surface area contributed by atoms with E-state index in [1.807, 2.05) is 0 Å². The van der Waals surface area contributed by atoms with E-state index in [1.54, 1.807) is 13.8 Å². The van der Waals surface area contributed by atoms with Crippen LogP contribution >= 0.6 is 0 Å². The first-order valence-corrected chi connectivity index (χ1v) is 4.82. The largest absolute Gasteiger partial charge is 0.449 e. The monoisotopic (exact) mass is 182 g/mol. The predicted molar refractivity (Wildman–Crippen MR) is 53.1 cm³/mol. The topological polar surface area (TPSA) is 26.3 Å². The second kappa shape index (κ2) is 7.67. The summed E-state index contributed by atoms with van der Waals surface area (Å²) in [5.74, 6) is 5.35. The summed E-state index contributed by atoms with van der Waals surface area (Å²) in [6, 6.07) is 0. The Morgan fingerprint density at radius 3 is 2.69 bits per heavy atom. The van der Waals surface area contributed by atoms with Gasteiger partial charge in [-0.2, -0.15) is 0 Å². The van der Waals surface area contributed by atoms with E-state index in [-0.39, 0.29) is 12.1 Å². The van der Waals surface area contributed by atoms with Gasteiger partial charge in [-0.15, -0.1) is 5.92 Å². The lowest BCUT2D eigenvalue weighted by molar-refractivity contribution is -0.145. The molecule has 0 amide bonds. The van der Waals surface area contributed by atoms with Crippen LogP contribution in [0, 0.1) is 11.8 Å². The Balaban J connectivity index is 3.54. The lowest BCUT2D eigenvalue weighted by atomic mass is 10.2. The number of carbonyl (C=O) groups excluding carboxylic acids is 1. The normalized spacial score (nSPS) is 11.3. The summed E-state index contributed by atoms with van der Waals surface area (Å²) in [4.78, 5) is 11.1. The van der Waals surface area contributed by atoms with Gasteiger partial charge < -0.3 is 4.74 Å². The van der Waals surface area contributed by atoms with Crippen molar-refractivity contribution >= 4 is 5.97 Å². The van der Waals surface area contributed by atoms with Crippen molar-refractivity contribution in [3.8, 4) is 11.8 Å². The van der Waals surface area contributed by atoms with Crippen LogP contribution in [0.4, 0.5) is 0 Å². The van der Waals surface area contributed by atoms with Crippen LogP contribution in [0.5, 0.6) is 0 Å². The zero-order valence-electron chi connectivity index (χ0n) is 8.72. The number of hydrogen-bond acceptors (Lipinski definition) is 2. The molecule has 0 aliphatic heterocycles. The molecular formula is C11H18O2. The van der Waals surface area contributed by atoms with E-state index in [1.165, 1.54) is 0 Å². The maximum absolute atomic E-state index is 11.1. The molecule has 0 aromatic rings. The minimum atomic E-state index is -0.265. The average Bonchev–Trinajstić information content (AvgIpc) is 2.05. The molecule has 0 aromatic carbocycles. The van der Waals surface area contributed by atoms with Gasteiger partial charge in [-0.1, -0.05) is 25.7 Å². The van der Waals surface area contributed by atoms with E-state index in [4.69, 9.17) is 4.74 Å². The van der Waals surface area contributed by atoms with Crippen molar-refractivity contribution < 1.29 is 9.53 Å². The first-order valence-electron chi connectivity index (χ1n) is 4.82. The Labute approximate surface area is 80.7 Å². The molecule has 0 saturated carbocycles. The lowest BCUT2D eigenvalue weighted by Crippen LogP contribution is -2.12. The van der Waals surface area contributed by atoms with E-state index in [2.05, 4.69) is 18.8 Å². The van der Waals surface area contributed by atoms with Crippen LogP contribution in [0.1, 0.15) is 46.5 Å². The van der Waals surface area contributed by atoms with Gasteiger partial charge in [0, 0.05) is 6.42 Å². The highest BCUT2D eigenvalue weighted by Crippen LogP contribution is 2.02. The maximum Gasteiger partial charge on any atom is 0.307 e. The Kier molecular flexibility index (Phi) is 7.10. The Morgan fingerprint density at radius 2 is 2.15 bits per heavy atom. The SMILES string of the molecule is CC#C[C@@H](C)OC(=O)CCCCC. The molecule has 0 spiro atoms. The van der Waals surface area contributed by atoms with Gasteiger partial charge in [-0.25, -0.2) is 0 Å². The van der Waals surface area contributed by atoms with Crippen LogP contribution in [-0.2, 0) is 9.53 Å². The molecule has 0 fully saturated rings. The minimum Gasteiger partial charge on any atom is -0.449 e. The molecule has 0 aliphatic rings. The average molecular weight is 182 g/mol. The number of hydrogen-bond donors (Lipinski definition) is 0. The van der Waals surface area contributed by atoms with Crippen LogP contribution in [0.15, 0.2) is 0 Å². The molecule has 0 aliphatic carbocycles. The number of rotatable bonds is 5. The molecule has 2 nitrogen and oxygen atoms in total. The predicted octanol–water partition coefficient (Wildman–Crippen LogP) is 2.52. The van der Waals surface area contributed by atoms with Crippen molar-refractivity contribution in [2.75, 3.05) is 0 Å². The van der Waals surface area contributed by atoms with Crippen molar-refractivity contribution in [1.82, 2.24) is 0 Å². The standard InChI is InChI=1S/C11H18O2/c1-4-6-7-9-11(12)13-10(3)8-5-2/h10H,4,6-7,9H2,1-3H3/t10-/m1/s1. The zero-order valence-corrected chi connectivity index (χ0v) is 8.72. The van der Waals surface area contributed by atoms with Crippen molar-refractivity contribution in [1.29, 1.82) is 0 Å². The van der Waals surface area contributed by atoms with Gasteiger partial charge >= 0.3 is 5.97 Å². The number of esters is 1. The summed E-state index contributed by atoms with van der Waals surface area (Å²) < 4.78 is 5.02. The zero-order chi connectivity index (χ0) is 10.1. The van der Waals surface area contributed by atoms with Crippen LogP contribution in [0.3, 0.4) is 0 Å². The smallest absolute Gasteiger partial charge is 0.307 e. The fourth-order valence-corrected chi connectivity index (χ4v) is 1.01. The Morgan fingerprint density at radius 1 is 1.46 bits per heavy atom. The molecule has 0 heterocycles. The van der Waals surface area contributed by atoms with Gasteiger partial charge in [-0.05, 0) is 20.3 Å². The quantitative estimate of drug-likeness (QED) is 0.371. The third-order valence-electron chi connectivity index (χ3n) is 1.64. The molecule has 1 atom stereocenters.